The summed E-state index contributed by atoms with van der Waals surface area (Å²) in [5, 5.41) is 314. The molecule has 8 heterocycles. The van der Waals surface area contributed by atoms with Crippen LogP contribution in [0, 0.1) is 23.7 Å². The van der Waals surface area contributed by atoms with E-state index < -0.39 is 383 Å². The number of aldehydes is 1. The normalized spacial score (nSPS) is 46.3. The molecule has 2 saturated carbocycles. The van der Waals surface area contributed by atoms with Crippen LogP contribution in [0.5, 0.6) is 0 Å². The first-order chi connectivity index (χ1) is 62.9. The summed E-state index contributed by atoms with van der Waals surface area (Å²) in [5.41, 5.74) is 0.115. The fourth-order valence-electron chi connectivity index (χ4n) is 18.4. The van der Waals surface area contributed by atoms with Gasteiger partial charge in [0, 0.05) is 61.1 Å². The second-order valence-electron chi connectivity index (χ2n) is 34.6. The Morgan fingerprint density at radius 1 is 0.318 bits per heavy atom. The van der Waals surface area contributed by atoms with Gasteiger partial charge in [0.25, 0.3) is 11.8 Å². The number of benzene rings is 2. The molecule has 2 aliphatic carbocycles. The lowest BCUT2D eigenvalue weighted by Gasteiger charge is -2.51. The lowest BCUT2D eigenvalue weighted by atomic mass is 9.74. The van der Waals surface area contributed by atoms with Gasteiger partial charge in [-0.25, -0.2) is 0 Å². The number of aliphatic hydroxyl groups is 28. The monoisotopic (exact) mass is 1910 g/mol. The van der Waals surface area contributed by atoms with Crippen LogP contribution in [0.1, 0.15) is 53.8 Å². The fourth-order valence-corrected chi connectivity index (χ4v) is 18.4. The number of ether oxygens (including phenoxy) is 16. The third-order valence-corrected chi connectivity index (χ3v) is 26.0. The molecule has 10 fully saturated rings. The van der Waals surface area contributed by atoms with E-state index in [1.165, 1.54) is 19.1 Å². The predicted octanol–water partition coefficient (Wildman–Crippen LogP) is -17.7. The van der Waals surface area contributed by atoms with Crippen molar-refractivity contribution in [2.75, 3.05) is 79.0 Å². The van der Waals surface area contributed by atoms with Crippen LogP contribution in [0.15, 0.2) is 36.4 Å². The molecule has 0 radical (unpaired) electrons. The topological polar surface area (TPSA) is 831 Å². The van der Waals surface area contributed by atoms with Crippen LogP contribution in [0.4, 0.5) is 0 Å². The summed E-state index contributed by atoms with van der Waals surface area (Å²) in [5.74, 6) is -6.29. The Morgan fingerprint density at radius 3 is 0.909 bits per heavy atom. The second kappa shape index (κ2) is 46.8. The molecule has 0 aromatic heterocycles. The van der Waals surface area contributed by atoms with Crippen molar-refractivity contribution in [3.8, 4) is 0 Å². The average Bonchev–Trinajstić information content (AvgIpc) is 0.774. The van der Waals surface area contributed by atoms with Gasteiger partial charge < -0.3 is 245 Å². The van der Waals surface area contributed by atoms with Gasteiger partial charge in [0.2, 0.25) is 5.91 Å². The molecule has 52 heteroatoms. The minimum Gasteiger partial charge on any atom is -0.394 e. The van der Waals surface area contributed by atoms with Gasteiger partial charge in [-0.1, -0.05) is 38.1 Å². The van der Waals surface area contributed by atoms with Gasteiger partial charge in [-0.15, -0.1) is 0 Å². The van der Waals surface area contributed by atoms with Crippen LogP contribution in [0.3, 0.4) is 0 Å². The minimum absolute atomic E-state index is 0.0549. The van der Waals surface area contributed by atoms with E-state index >= 15 is 0 Å². The Labute approximate surface area is 751 Å². The third kappa shape index (κ3) is 22.7. The Balaban J connectivity index is 0.733. The molecule has 2 aromatic carbocycles. The highest BCUT2D eigenvalue weighted by molar-refractivity contribution is 6.14. The number of rotatable bonds is 35. The quantitative estimate of drug-likeness (QED) is 0.0225. The Morgan fingerprint density at radius 2 is 0.591 bits per heavy atom. The molecule has 8 saturated heterocycles. The summed E-state index contributed by atoms with van der Waals surface area (Å²) in [6.07, 6.45) is -83.7. The van der Waals surface area contributed by atoms with E-state index in [4.69, 9.17) is 75.8 Å². The summed E-state index contributed by atoms with van der Waals surface area (Å²) in [7, 11) is 0. The number of carbonyl (C=O) groups excluding carboxylic acids is 4. The Bertz CT molecular complexity index is 3970. The van der Waals surface area contributed by atoms with Crippen molar-refractivity contribution in [2.24, 2.45) is 23.7 Å². The van der Waals surface area contributed by atoms with E-state index in [1.54, 1.807) is 31.2 Å². The Hall–Kier alpha value is -5.02. The minimum atomic E-state index is -2.12. The number of nitrogens with one attached hydrogen (secondary N) is 4. The smallest absolute Gasteiger partial charge is 0.251 e. The van der Waals surface area contributed by atoms with E-state index in [1.807, 2.05) is 0 Å². The number of amides is 3. The zero-order chi connectivity index (χ0) is 96.0. The molecule has 0 spiro atoms. The van der Waals surface area contributed by atoms with E-state index in [-0.39, 0.29) is 54.5 Å². The molecule has 132 heavy (non-hydrogen) atoms. The van der Waals surface area contributed by atoms with Crippen LogP contribution in [0.25, 0.3) is 10.8 Å². The van der Waals surface area contributed by atoms with Crippen molar-refractivity contribution in [2.45, 2.75) is 309 Å². The molecule has 32 N–H and O–H groups in total. The maximum Gasteiger partial charge on any atom is 0.251 e. The van der Waals surface area contributed by atoms with E-state index in [0.717, 1.165) is 0 Å². The lowest BCUT2D eigenvalue weighted by Crippen LogP contribution is -2.67. The summed E-state index contributed by atoms with van der Waals surface area (Å²) in [4.78, 5) is 56.6. The average molecular weight is 1910 g/mol. The molecule has 10 aliphatic rings. The van der Waals surface area contributed by atoms with Gasteiger partial charge >= 0.3 is 0 Å². The SMILES string of the molecule is C[C@H]1C[C@@H](C(=O)NCCNC(=O)c2ccc(C(=O)NCCNC3[C@@H](C=O)C[C@@H](O[C@H]4O[C@H](CO)[C@@H](O)[C@H](O)[C@@H]4O[C@H]4O[C@H](CO)[C@@H](O)[C@H](O)[C@@H]4O)[C@H](O[C@H]4O[C@H](CO)[C@@H](O)[C@H](O)[C@@H]4O[C@H]4O[C@H](CO)[C@@H](O)[C@H](O)[C@@H]4O)[C@H]3C)c3ccccc23)C[C@@H](O[C@H]2O[C@H](CO)[C@@H](O)[C@H](O)[C@@H]2O[C@H]2O[C@H](CO)[C@@H](O)[C@H](O)[C@@H]2O)[C@@H]1O[C@H]1O[C@H](CO)[C@@H](O)[C@H](O)[C@@H]1O[C@H]1O[C@H](CO)[C@@H](O)[C@H](O)[C@@H]1O. The highest BCUT2D eigenvalue weighted by atomic mass is 16.8. The van der Waals surface area contributed by atoms with Crippen LogP contribution in [-0.4, -0.2) is 522 Å². The summed E-state index contributed by atoms with van der Waals surface area (Å²) >= 11 is 0. The standard InChI is InChI=1S/C80H124N4O48/c1-25-13-27(14-33(117-77-66(56(106)48(98)39(21-90)123-77)129-73-60(110)52(102)44(94)35(17-86)119-73)64(25)127-79-68(58(108)50(100)41(23-92)125-79)131-75-62(112)54(104)46(96)37(19-88)121-75)70(114)82-11-12-84-72(116)32-8-7-31(29-5-3-4-6-30(29)32)71(115)83-10-9-81-43-26(2)65(128-80-69(59(109)51(101)42(24-93)126-80)132-76-63(113)55(105)47(97)38(20-89)122-76)34(15-28(43)16-85)118-78-67(57(107)49(99)40(22-91)124-78)130-74-61(111)53(103)45(95)36(18-87)120-74/h3-8,16,25-28,33-69,73-81,86-113H,9-15,17-24H2,1-2H3,(H,82,114)(H,83,115)(H,84,116)/t25-,26-,27+,28+,33+,34+,35+,36+,37+,38+,39+,40+,41+,42+,43?,44+,45+,46+,47+,48+,49+,50+,51+,52-,53-,54-,55-,56-,57-,58-,59-,60-,61-,62-,63-,64+,65+,66-,67-,68-,69-,73+,74+,75+,76+,77-,78-,79+,80+/m0/s1. The van der Waals surface area contributed by atoms with Crippen molar-refractivity contribution < 1.29 is 238 Å². The molecule has 2 aromatic rings. The predicted molar refractivity (Wildman–Crippen MR) is 424 cm³/mol. The van der Waals surface area contributed by atoms with E-state index in [9.17, 15) is 162 Å². The van der Waals surface area contributed by atoms with Gasteiger partial charge in [0.15, 0.2) is 50.3 Å². The fraction of sp³-hybridized carbons (Fsp3) is 0.825. The molecule has 3 amide bonds. The number of hydrogen-bond donors (Lipinski definition) is 32. The maximum absolute atomic E-state index is 14.6. The first-order valence-electron chi connectivity index (χ1n) is 43.4. The number of carbonyl (C=O) groups is 4. The van der Waals surface area contributed by atoms with Gasteiger partial charge in [0.1, 0.15) is 202 Å². The number of hydrogen-bond acceptors (Lipinski definition) is 49. The highest BCUT2D eigenvalue weighted by Crippen LogP contribution is 2.44. The van der Waals surface area contributed by atoms with Crippen LogP contribution in [0.2, 0.25) is 0 Å². The maximum atomic E-state index is 14.6. The van der Waals surface area contributed by atoms with Gasteiger partial charge in [-0.3, -0.25) is 14.4 Å². The van der Waals surface area contributed by atoms with Gasteiger partial charge in [0.05, 0.1) is 77.3 Å². The number of fused-ring (bicyclic) bond motifs is 1. The van der Waals surface area contributed by atoms with Crippen molar-refractivity contribution in [3.05, 3.63) is 47.5 Å². The molecule has 12 rings (SSSR count). The molecular formula is C80H124N4O48. The van der Waals surface area contributed by atoms with Crippen molar-refractivity contribution in [1.29, 1.82) is 0 Å². The van der Waals surface area contributed by atoms with E-state index in [0.29, 0.717) is 6.29 Å². The van der Waals surface area contributed by atoms with Crippen LogP contribution < -0.4 is 21.3 Å². The zero-order valence-corrected chi connectivity index (χ0v) is 71.1. The van der Waals surface area contributed by atoms with Crippen LogP contribution >= 0.6 is 0 Å². The third-order valence-electron chi connectivity index (χ3n) is 26.0. The highest BCUT2D eigenvalue weighted by Gasteiger charge is 2.61. The van der Waals surface area contributed by atoms with Crippen molar-refractivity contribution >= 4 is 34.8 Å². The molecule has 52 nitrogen and oxygen atoms in total. The number of aliphatic hydroxyl groups excluding tert-OH is 28. The van der Waals surface area contributed by atoms with Crippen molar-refractivity contribution in [3.63, 3.8) is 0 Å². The largest absolute Gasteiger partial charge is 0.394 e. The van der Waals surface area contributed by atoms with Gasteiger partial charge in [-0.2, -0.15) is 0 Å². The van der Waals surface area contributed by atoms with Gasteiger partial charge in [-0.05, 0) is 48.1 Å². The van der Waals surface area contributed by atoms with Crippen molar-refractivity contribution in [1.82, 2.24) is 21.3 Å². The second-order valence-corrected chi connectivity index (χ2v) is 34.6. The summed E-state index contributed by atoms with van der Waals surface area (Å²) in [6, 6.07) is 8.00. The molecule has 0 bridgehead atoms. The first-order valence-corrected chi connectivity index (χ1v) is 43.4. The molecule has 1 unspecified atom stereocenters. The molecular weight excluding hydrogens is 1780 g/mol. The summed E-state index contributed by atoms with van der Waals surface area (Å²) in [6.45, 7) is -5.39. The lowest BCUT2D eigenvalue weighted by molar-refractivity contribution is -0.390. The zero-order valence-electron chi connectivity index (χ0n) is 71.1. The molecule has 752 valence electrons. The molecule has 8 aliphatic heterocycles. The summed E-state index contributed by atoms with van der Waals surface area (Å²) < 4.78 is 96.1. The van der Waals surface area contributed by atoms with E-state index in [2.05, 4.69) is 21.3 Å². The molecule has 49 atom stereocenters. The Kier molecular flexibility index (Phi) is 37.6. The van der Waals surface area contributed by atoms with Crippen LogP contribution in [-0.2, 0) is 85.4 Å². The first kappa shape index (κ1) is 106.